The molecular formula is C27H31F3N4O4. The summed E-state index contributed by atoms with van der Waals surface area (Å²) in [5.41, 5.74) is 0.316. The molecule has 2 heterocycles. The molecule has 2 aromatic rings. The Labute approximate surface area is 219 Å². The summed E-state index contributed by atoms with van der Waals surface area (Å²) >= 11 is 0. The van der Waals surface area contributed by atoms with E-state index in [0.717, 1.165) is 11.6 Å². The molecule has 0 radical (unpaired) electrons. The van der Waals surface area contributed by atoms with Gasteiger partial charge >= 0.3 is 6.18 Å². The quantitative estimate of drug-likeness (QED) is 0.215. The normalized spacial score (nSPS) is 16.2. The molecule has 1 aliphatic heterocycles. The van der Waals surface area contributed by atoms with Crippen molar-refractivity contribution in [3.8, 4) is 11.1 Å². The lowest BCUT2D eigenvalue weighted by Gasteiger charge is -2.32. The molecule has 11 heteroatoms. The Bertz CT molecular complexity index is 1240. The number of aryl methyl sites for hydroxylation is 1. The van der Waals surface area contributed by atoms with Crippen molar-refractivity contribution < 1.29 is 32.9 Å². The van der Waals surface area contributed by atoms with Gasteiger partial charge in [-0.05, 0) is 67.6 Å². The van der Waals surface area contributed by atoms with Crippen molar-refractivity contribution in [1.29, 1.82) is 0 Å². The van der Waals surface area contributed by atoms with Crippen LogP contribution < -0.4 is 10.6 Å². The topological polar surface area (TPSA) is 116 Å². The number of pyridine rings is 1. The Morgan fingerprint density at radius 1 is 1.26 bits per heavy atom. The number of aliphatic hydroxyl groups is 2. The van der Waals surface area contributed by atoms with Gasteiger partial charge in [0.05, 0.1) is 17.9 Å². The number of ether oxygens (including phenoxy) is 1. The number of alkyl halides is 3. The van der Waals surface area contributed by atoms with Gasteiger partial charge in [0.15, 0.2) is 0 Å². The van der Waals surface area contributed by atoms with Gasteiger partial charge in [-0.1, -0.05) is 12.1 Å². The third kappa shape index (κ3) is 7.06. The predicted octanol–water partition coefficient (Wildman–Crippen LogP) is 4.49. The molecule has 1 saturated heterocycles. The van der Waals surface area contributed by atoms with Gasteiger partial charge in [0, 0.05) is 38.3 Å². The number of hydrogen-bond donors (Lipinski definition) is 4. The fourth-order valence-corrected chi connectivity index (χ4v) is 4.03. The number of rotatable bonds is 9. The summed E-state index contributed by atoms with van der Waals surface area (Å²) in [6, 6.07) is 8.58. The monoisotopic (exact) mass is 532 g/mol. The molecule has 204 valence electrons. The highest BCUT2D eigenvalue weighted by molar-refractivity contribution is 6.04. The van der Waals surface area contributed by atoms with Crippen molar-refractivity contribution in [2.45, 2.75) is 38.5 Å². The third-order valence-corrected chi connectivity index (χ3v) is 6.18. The zero-order valence-corrected chi connectivity index (χ0v) is 21.2. The summed E-state index contributed by atoms with van der Waals surface area (Å²) in [6.45, 7) is 7.22. The first-order valence-corrected chi connectivity index (χ1v) is 12.0. The number of amides is 1. The molecule has 0 bridgehead atoms. The minimum atomic E-state index is -4.64. The molecule has 0 unspecified atom stereocenters. The van der Waals surface area contributed by atoms with Crippen molar-refractivity contribution in [2.75, 3.05) is 37.0 Å². The number of aromatic nitrogens is 1. The maximum atomic E-state index is 13.1. The predicted molar refractivity (Wildman–Crippen MR) is 140 cm³/mol. The third-order valence-electron chi connectivity index (χ3n) is 6.18. The minimum absolute atomic E-state index is 0.115. The van der Waals surface area contributed by atoms with Crippen LogP contribution in [-0.4, -0.2) is 60.4 Å². The van der Waals surface area contributed by atoms with Crippen LogP contribution in [0.5, 0.6) is 0 Å². The van der Waals surface area contributed by atoms with E-state index < -0.39 is 29.0 Å². The Kier molecular flexibility index (Phi) is 9.42. The fourth-order valence-electron chi connectivity index (χ4n) is 4.03. The van der Waals surface area contributed by atoms with Crippen LogP contribution in [0.3, 0.4) is 0 Å². The fraction of sp³-hybridized carbons (Fsp3) is 0.370. The summed E-state index contributed by atoms with van der Waals surface area (Å²) in [5.74, 6) is -0.400. The number of nitrogens with zero attached hydrogens (tertiary/aromatic N) is 2. The molecule has 3 rings (SSSR count). The van der Waals surface area contributed by atoms with E-state index in [1.165, 1.54) is 6.92 Å². The van der Waals surface area contributed by atoms with E-state index in [4.69, 9.17) is 4.74 Å². The summed E-state index contributed by atoms with van der Waals surface area (Å²) in [4.78, 5) is 20.8. The molecular weight excluding hydrogens is 501 g/mol. The van der Waals surface area contributed by atoms with Gasteiger partial charge in [-0.25, -0.2) is 4.98 Å². The number of hydrogen-bond acceptors (Lipinski definition) is 7. The summed E-state index contributed by atoms with van der Waals surface area (Å²) < 4.78 is 44.8. The maximum absolute atomic E-state index is 13.1. The first-order chi connectivity index (χ1) is 18.0. The molecule has 0 spiro atoms. The first-order valence-electron chi connectivity index (χ1n) is 12.0. The smallest absolute Gasteiger partial charge is 0.395 e. The maximum Gasteiger partial charge on any atom is 0.416 e. The molecule has 1 aromatic heterocycles. The van der Waals surface area contributed by atoms with Crippen molar-refractivity contribution in [1.82, 2.24) is 4.98 Å². The SMILES string of the molecule is C=N/C(=C\C(=C/C)C(F)(F)F)C(=O)Nc1ccc(C)c(-c2cc(NCCO)nc(C3(O)CCOCC3)c2)c1. The lowest BCUT2D eigenvalue weighted by Crippen LogP contribution is -2.34. The Hall–Kier alpha value is -3.54. The van der Waals surface area contributed by atoms with E-state index >= 15 is 0 Å². The average molecular weight is 533 g/mol. The molecule has 4 N–H and O–H groups in total. The van der Waals surface area contributed by atoms with Crippen LogP contribution in [0.15, 0.2) is 58.7 Å². The van der Waals surface area contributed by atoms with Gasteiger partial charge in [0.25, 0.3) is 5.91 Å². The van der Waals surface area contributed by atoms with Gasteiger partial charge in [-0.2, -0.15) is 13.2 Å². The highest BCUT2D eigenvalue weighted by Gasteiger charge is 2.34. The zero-order valence-electron chi connectivity index (χ0n) is 21.2. The molecule has 0 aliphatic carbocycles. The number of carbonyl (C=O) groups is 1. The number of aliphatic hydroxyl groups excluding tert-OH is 1. The number of allylic oxidation sites excluding steroid dienone is 3. The van der Waals surface area contributed by atoms with Crippen LogP contribution >= 0.6 is 0 Å². The lowest BCUT2D eigenvalue weighted by atomic mass is 9.88. The summed E-state index contributed by atoms with van der Waals surface area (Å²) in [7, 11) is 0. The lowest BCUT2D eigenvalue weighted by molar-refractivity contribution is -0.112. The van der Waals surface area contributed by atoms with Gasteiger partial charge < -0.3 is 25.6 Å². The van der Waals surface area contributed by atoms with Crippen LogP contribution in [0.25, 0.3) is 11.1 Å². The van der Waals surface area contributed by atoms with Gasteiger partial charge in [0.2, 0.25) is 0 Å². The van der Waals surface area contributed by atoms with Gasteiger partial charge in [-0.15, -0.1) is 0 Å². The highest BCUT2D eigenvalue weighted by Crippen LogP contribution is 2.36. The molecule has 1 amide bonds. The average Bonchev–Trinajstić information content (AvgIpc) is 2.88. The highest BCUT2D eigenvalue weighted by atomic mass is 19.4. The molecule has 0 atom stereocenters. The van der Waals surface area contributed by atoms with Crippen molar-refractivity contribution in [2.24, 2.45) is 4.99 Å². The number of carbonyl (C=O) groups excluding carboxylic acids is 1. The summed E-state index contributed by atoms with van der Waals surface area (Å²) in [5, 5.41) is 26.1. The van der Waals surface area contributed by atoms with E-state index in [0.29, 0.717) is 60.5 Å². The Balaban J connectivity index is 1.99. The molecule has 0 saturated carbocycles. The number of benzene rings is 1. The van der Waals surface area contributed by atoms with E-state index in [2.05, 4.69) is 27.3 Å². The Morgan fingerprint density at radius 3 is 2.58 bits per heavy atom. The van der Waals surface area contributed by atoms with Crippen LogP contribution in [0, 0.1) is 6.92 Å². The second-order valence-corrected chi connectivity index (χ2v) is 8.83. The number of halogens is 3. The van der Waals surface area contributed by atoms with E-state index in [1.807, 2.05) is 6.92 Å². The van der Waals surface area contributed by atoms with Crippen molar-refractivity contribution in [3.63, 3.8) is 0 Å². The first kappa shape index (κ1) is 29.0. The van der Waals surface area contributed by atoms with Crippen molar-refractivity contribution >= 4 is 24.1 Å². The molecule has 8 nitrogen and oxygen atoms in total. The second kappa shape index (κ2) is 12.3. The molecule has 1 aromatic carbocycles. The Morgan fingerprint density at radius 2 is 1.97 bits per heavy atom. The number of anilines is 2. The van der Waals surface area contributed by atoms with Crippen molar-refractivity contribution in [3.05, 3.63) is 65.0 Å². The molecule has 1 aliphatic rings. The van der Waals surface area contributed by atoms with Gasteiger partial charge in [0.1, 0.15) is 17.1 Å². The van der Waals surface area contributed by atoms with Crippen LogP contribution in [-0.2, 0) is 15.1 Å². The van der Waals surface area contributed by atoms with Crippen LogP contribution in [0.4, 0.5) is 24.7 Å². The largest absolute Gasteiger partial charge is 0.416 e. The van der Waals surface area contributed by atoms with Gasteiger partial charge in [-0.3, -0.25) is 9.79 Å². The molecule has 1 fully saturated rings. The minimum Gasteiger partial charge on any atom is -0.395 e. The van der Waals surface area contributed by atoms with E-state index in [-0.39, 0.29) is 13.2 Å². The number of nitrogens with one attached hydrogen (secondary N) is 2. The summed E-state index contributed by atoms with van der Waals surface area (Å²) in [6.07, 6.45) is -2.42. The van der Waals surface area contributed by atoms with Crippen LogP contribution in [0.2, 0.25) is 0 Å². The van der Waals surface area contributed by atoms with E-state index in [9.17, 15) is 28.2 Å². The van der Waals surface area contributed by atoms with Crippen LogP contribution in [0.1, 0.15) is 31.0 Å². The second-order valence-electron chi connectivity index (χ2n) is 8.83. The molecule has 38 heavy (non-hydrogen) atoms. The standard InChI is InChI=1S/C27H31F3N4O4/c1-4-19(27(28,29)30)15-22(31-3)25(36)33-20-6-5-17(2)21(16-20)18-13-23(26(37)7-11-38-12-8-26)34-24(14-18)32-9-10-35/h4-6,13-16,35,37H,3,7-12H2,1-2H3,(H,32,34)(H,33,36)/b19-4+,22-15-. The zero-order chi connectivity index (χ0) is 27.9. The number of aliphatic imine (C=N–C) groups is 1. The van der Waals surface area contributed by atoms with E-state index in [1.54, 1.807) is 30.3 Å².